The molecule has 1 aromatic carbocycles. The van der Waals surface area contributed by atoms with Crippen LogP contribution in [0.5, 0.6) is 0 Å². The molecule has 0 aliphatic carbocycles. The van der Waals surface area contributed by atoms with Crippen molar-refractivity contribution < 1.29 is 0 Å². The number of aromatic nitrogens is 2. The zero-order valence-corrected chi connectivity index (χ0v) is 9.75. The van der Waals surface area contributed by atoms with Gasteiger partial charge >= 0.3 is 0 Å². The van der Waals surface area contributed by atoms with Gasteiger partial charge in [-0.25, -0.2) is 0 Å². The van der Waals surface area contributed by atoms with E-state index in [1.807, 2.05) is 13.8 Å². The maximum Gasteiger partial charge on any atom is 0.0672 e. The molecule has 0 radical (unpaired) electrons. The highest BCUT2D eigenvalue weighted by Crippen LogP contribution is 2.25. The van der Waals surface area contributed by atoms with Crippen LogP contribution in [0.2, 0.25) is 0 Å². The molecular weight excluding hydrogens is 198 g/mol. The van der Waals surface area contributed by atoms with Gasteiger partial charge in [0.15, 0.2) is 0 Å². The molecule has 1 aromatic heterocycles. The van der Waals surface area contributed by atoms with E-state index in [9.17, 15) is 0 Å². The van der Waals surface area contributed by atoms with Gasteiger partial charge in [-0.15, -0.1) is 0 Å². The third-order valence-corrected chi connectivity index (χ3v) is 2.80. The number of hydrogen-bond donors (Lipinski definition) is 2. The largest absolute Gasteiger partial charge is 0.330 e. The van der Waals surface area contributed by atoms with Crippen molar-refractivity contribution in [2.24, 2.45) is 5.73 Å². The van der Waals surface area contributed by atoms with Crippen LogP contribution in [-0.4, -0.2) is 16.7 Å². The second-order valence-electron chi connectivity index (χ2n) is 4.04. The Hall–Kier alpha value is -1.61. The average Bonchev–Trinajstić information content (AvgIpc) is 2.61. The monoisotopic (exact) mass is 215 g/mol. The summed E-state index contributed by atoms with van der Waals surface area (Å²) in [5, 5.41) is 7.21. The summed E-state index contributed by atoms with van der Waals surface area (Å²) in [7, 11) is 0. The minimum Gasteiger partial charge on any atom is -0.330 e. The van der Waals surface area contributed by atoms with Gasteiger partial charge in [0.25, 0.3) is 0 Å². The maximum atomic E-state index is 5.53. The molecule has 3 heteroatoms. The SMILES string of the molecule is Cc1n[nH]c(C)c1-c1ccc(CCN)cc1. The first-order valence-corrected chi connectivity index (χ1v) is 5.53. The lowest BCUT2D eigenvalue weighted by Gasteiger charge is -2.03. The Morgan fingerprint density at radius 1 is 1.19 bits per heavy atom. The Bertz CT molecular complexity index is 449. The van der Waals surface area contributed by atoms with E-state index in [0.29, 0.717) is 6.54 Å². The van der Waals surface area contributed by atoms with Crippen LogP contribution in [0.25, 0.3) is 11.1 Å². The topological polar surface area (TPSA) is 54.7 Å². The van der Waals surface area contributed by atoms with Crippen LogP contribution in [0, 0.1) is 13.8 Å². The second-order valence-corrected chi connectivity index (χ2v) is 4.04. The number of nitrogens with zero attached hydrogens (tertiary/aromatic N) is 1. The molecular formula is C13H17N3. The van der Waals surface area contributed by atoms with Gasteiger partial charge in [0, 0.05) is 11.3 Å². The molecule has 0 saturated carbocycles. The molecule has 0 atom stereocenters. The van der Waals surface area contributed by atoms with Crippen molar-refractivity contribution in [2.45, 2.75) is 20.3 Å². The van der Waals surface area contributed by atoms with Gasteiger partial charge in [-0.3, -0.25) is 5.10 Å². The molecule has 0 amide bonds. The van der Waals surface area contributed by atoms with Crippen molar-refractivity contribution in [3.8, 4) is 11.1 Å². The summed E-state index contributed by atoms with van der Waals surface area (Å²) >= 11 is 0. The number of benzene rings is 1. The van der Waals surface area contributed by atoms with E-state index in [-0.39, 0.29) is 0 Å². The third-order valence-electron chi connectivity index (χ3n) is 2.80. The van der Waals surface area contributed by atoms with Crippen LogP contribution >= 0.6 is 0 Å². The first kappa shape index (κ1) is 10.9. The van der Waals surface area contributed by atoms with Crippen LogP contribution in [-0.2, 0) is 6.42 Å². The fraction of sp³-hybridized carbons (Fsp3) is 0.308. The van der Waals surface area contributed by atoms with Crippen LogP contribution < -0.4 is 5.73 Å². The van der Waals surface area contributed by atoms with Crippen molar-refractivity contribution in [2.75, 3.05) is 6.54 Å². The smallest absolute Gasteiger partial charge is 0.0672 e. The molecule has 0 bridgehead atoms. The normalized spacial score (nSPS) is 10.7. The maximum absolute atomic E-state index is 5.53. The van der Waals surface area contributed by atoms with Gasteiger partial charge in [0.1, 0.15) is 0 Å². The highest BCUT2D eigenvalue weighted by atomic mass is 15.1. The molecule has 0 unspecified atom stereocenters. The van der Waals surface area contributed by atoms with Crippen molar-refractivity contribution in [3.63, 3.8) is 0 Å². The predicted octanol–water partition coefficient (Wildman–Crippen LogP) is 2.19. The molecule has 0 fully saturated rings. The minimum absolute atomic E-state index is 0.698. The molecule has 84 valence electrons. The number of hydrogen-bond acceptors (Lipinski definition) is 2. The van der Waals surface area contributed by atoms with Crippen molar-refractivity contribution in [1.82, 2.24) is 10.2 Å². The minimum atomic E-state index is 0.698. The summed E-state index contributed by atoms with van der Waals surface area (Å²) in [5.41, 5.74) is 11.4. The van der Waals surface area contributed by atoms with E-state index in [0.717, 1.165) is 17.8 Å². The van der Waals surface area contributed by atoms with Crippen molar-refractivity contribution in [1.29, 1.82) is 0 Å². The lowest BCUT2D eigenvalue weighted by Crippen LogP contribution is -2.02. The number of H-pyrrole nitrogens is 1. The Labute approximate surface area is 95.7 Å². The zero-order valence-electron chi connectivity index (χ0n) is 9.75. The first-order chi connectivity index (χ1) is 7.72. The summed E-state index contributed by atoms with van der Waals surface area (Å²) < 4.78 is 0. The Morgan fingerprint density at radius 3 is 2.38 bits per heavy atom. The lowest BCUT2D eigenvalue weighted by atomic mass is 10.0. The summed E-state index contributed by atoms with van der Waals surface area (Å²) in [6, 6.07) is 8.54. The molecule has 2 rings (SSSR count). The van der Waals surface area contributed by atoms with Crippen molar-refractivity contribution >= 4 is 0 Å². The van der Waals surface area contributed by atoms with E-state index >= 15 is 0 Å². The molecule has 2 aromatic rings. The van der Waals surface area contributed by atoms with Crippen LogP contribution in [0.1, 0.15) is 17.0 Å². The Kier molecular flexibility index (Phi) is 3.06. The number of aryl methyl sites for hydroxylation is 2. The van der Waals surface area contributed by atoms with Gasteiger partial charge in [0.05, 0.1) is 5.69 Å². The quantitative estimate of drug-likeness (QED) is 0.824. The third kappa shape index (κ3) is 1.99. The van der Waals surface area contributed by atoms with Crippen molar-refractivity contribution in [3.05, 3.63) is 41.2 Å². The summed E-state index contributed by atoms with van der Waals surface area (Å²) in [6.45, 7) is 4.76. The van der Waals surface area contributed by atoms with E-state index < -0.39 is 0 Å². The molecule has 0 saturated heterocycles. The zero-order chi connectivity index (χ0) is 11.5. The highest BCUT2D eigenvalue weighted by molar-refractivity contribution is 5.68. The standard InChI is InChI=1S/C13H17N3/c1-9-13(10(2)16-15-9)12-5-3-11(4-6-12)7-8-14/h3-6H,7-8,14H2,1-2H3,(H,15,16). The van der Waals surface area contributed by atoms with E-state index in [4.69, 9.17) is 5.73 Å². The number of nitrogens with two attached hydrogens (primary N) is 1. The van der Waals surface area contributed by atoms with E-state index in [2.05, 4.69) is 34.5 Å². The van der Waals surface area contributed by atoms with Gasteiger partial charge in [-0.1, -0.05) is 24.3 Å². The average molecular weight is 215 g/mol. The Morgan fingerprint density at radius 2 is 1.88 bits per heavy atom. The molecule has 0 aliphatic heterocycles. The van der Waals surface area contributed by atoms with Gasteiger partial charge < -0.3 is 5.73 Å². The number of nitrogens with one attached hydrogen (secondary N) is 1. The van der Waals surface area contributed by atoms with Gasteiger partial charge in [0.2, 0.25) is 0 Å². The number of rotatable bonds is 3. The molecule has 0 spiro atoms. The molecule has 16 heavy (non-hydrogen) atoms. The van der Waals surface area contributed by atoms with E-state index in [1.165, 1.54) is 16.7 Å². The highest BCUT2D eigenvalue weighted by Gasteiger charge is 2.08. The lowest BCUT2D eigenvalue weighted by molar-refractivity contribution is 0.969. The van der Waals surface area contributed by atoms with Crippen LogP contribution in [0.3, 0.4) is 0 Å². The summed E-state index contributed by atoms with van der Waals surface area (Å²) in [4.78, 5) is 0. The molecule has 1 heterocycles. The number of aromatic amines is 1. The van der Waals surface area contributed by atoms with Crippen LogP contribution in [0.4, 0.5) is 0 Å². The fourth-order valence-electron chi connectivity index (χ4n) is 1.98. The van der Waals surface area contributed by atoms with Gasteiger partial charge in [-0.05, 0) is 37.9 Å². The second kappa shape index (κ2) is 4.49. The predicted molar refractivity (Wildman–Crippen MR) is 66.3 cm³/mol. The van der Waals surface area contributed by atoms with Gasteiger partial charge in [-0.2, -0.15) is 5.10 Å². The Balaban J connectivity index is 2.35. The molecule has 0 aliphatic rings. The molecule has 3 N–H and O–H groups in total. The van der Waals surface area contributed by atoms with Crippen LogP contribution in [0.15, 0.2) is 24.3 Å². The summed E-state index contributed by atoms with van der Waals surface area (Å²) in [5.74, 6) is 0. The summed E-state index contributed by atoms with van der Waals surface area (Å²) in [6.07, 6.45) is 0.934. The first-order valence-electron chi connectivity index (χ1n) is 5.53. The van der Waals surface area contributed by atoms with E-state index in [1.54, 1.807) is 0 Å². The molecule has 3 nitrogen and oxygen atoms in total. The fourth-order valence-corrected chi connectivity index (χ4v) is 1.98.